The molecule has 1 atom stereocenters. The van der Waals surface area contributed by atoms with Gasteiger partial charge in [0, 0.05) is 13.6 Å². The standard InChI is InChI=1S/C24H27N3O2/c1-24(2,3)18-12-10-17(11-13-18)21-20-19(26(4)23(29)25-21)15-27(22(20)28)14-16-8-6-5-7-9-16/h5-13,21H,14-15H2,1-4H3,(H,25,29)/t21-/m0/s1. The highest BCUT2D eigenvalue weighted by Gasteiger charge is 2.42. The van der Waals surface area contributed by atoms with E-state index in [9.17, 15) is 9.59 Å². The molecule has 0 radical (unpaired) electrons. The van der Waals surface area contributed by atoms with Crippen molar-refractivity contribution in [3.8, 4) is 0 Å². The minimum absolute atomic E-state index is 0.0133. The molecule has 3 amide bonds. The van der Waals surface area contributed by atoms with Gasteiger partial charge in [-0.05, 0) is 22.1 Å². The number of likely N-dealkylation sites (N-methyl/N-ethyl adjacent to an activating group) is 1. The first kappa shape index (κ1) is 19.2. The van der Waals surface area contributed by atoms with Crippen molar-refractivity contribution in [3.63, 3.8) is 0 Å². The molecule has 0 saturated carbocycles. The normalized spacial score (nSPS) is 19.5. The summed E-state index contributed by atoms with van der Waals surface area (Å²) in [5.74, 6) is -0.0133. The molecule has 0 aromatic heterocycles. The van der Waals surface area contributed by atoms with Gasteiger partial charge in [-0.1, -0.05) is 75.4 Å². The third kappa shape index (κ3) is 3.53. The van der Waals surface area contributed by atoms with Crippen LogP contribution in [0, 0.1) is 0 Å². The third-order valence-electron chi connectivity index (χ3n) is 5.76. The van der Waals surface area contributed by atoms with E-state index < -0.39 is 6.04 Å². The van der Waals surface area contributed by atoms with E-state index in [0.717, 1.165) is 16.8 Å². The van der Waals surface area contributed by atoms with Crippen molar-refractivity contribution in [1.29, 1.82) is 0 Å². The molecule has 29 heavy (non-hydrogen) atoms. The molecular formula is C24H27N3O2. The highest BCUT2D eigenvalue weighted by molar-refractivity contribution is 6.01. The van der Waals surface area contributed by atoms with Crippen LogP contribution in [0.5, 0.6) is 0 Å². The number of nitrogens with one attached hydrogen (secondary N) is 1. The third-order valence-corrected chi connectivity index (χ3v) is 5.76. The zero-order valence-corrected chi connectivity index (χ0v) is 17.4. The fourth-order valence-corrected chi connectivity index (χ4v) is 3.98. The second-order valence-electron chi connectivity index (χ2n) is 8.82. The molecule has 1 N–H and O–H groups in total. The second-order valence-corrected chi connectivity index (χ2v) is 8.82. The highest BCUT2D eigenvalue weighted by Crippen LogP contribution is 2.36. The summed E-state index contributed by atoms with van der Waals surface area (Å²) >= 11 is 0. The quantitative estimate of drug-likeness (QED) is 0.863. The molecule has 5 nitrogen and oxygen atoms in total. The Morgan fingerprint density at radius 1 is 1.00 bits per heavy atom. The predicted molar refractivity (Wildman–Crippen MR) is 113 cm³/mol. The number of nitrogens with zero attached hydrogens (tertiary/aromatic N) is 2. The van der Waals surface area contributed by atoms with E-state index in [1.165, 1.54) is 5.56 Å². The summed E-state index contributed by atoms with van der Waals surface area (Å²) in [4.78, 5) is 29.2. The lowest BCUT2D eigenvalue weighted by atomic mass is 9.85. The fraction of sp³-hybridized carbons (Fsp3) is 0.333. The van der Waals surface area contributed by atoms with Gasteiger partial charge in [0.1, 0.15) is 0 Å². The zero-order chi connectivity index (χ0) is 20.8. The smallest absolute Gasteiger partial charge is 0.322 e. The molecule has 2 aromatic rings. The van der Waals surface area contributed by atoms with Crippen molar-refractivity contribution in [2.24, 2.45) is 0 Å². The summed E-state index contributed by atoms with van der Waals surface area (Å²) < 4.78 is 0. The van der Waals surface area contributed by atoms with E-state index in [1.807, 2.05) is 47.4 Å². The van der Waals surface area contributed by atoms with E-state index in [2.05, 4.69) is 38.2 Å². The number of carbonyl (C=O) groups is 2. The zero-order valence-electron chi connectivity index (χ0n) is 17.4. The molecule has 4 rings (SSSR count). The van der Waals surface area contributed by atoms with Crippen LogP contribution in [0.3, 0.4) is 0 Å². The van der Waals surface area contributed by atoms with E-state index in [4.69, 9.17) is 0 Å². The molecule has 2 aliphatic heterocycles. The Morgan fingerprint density at radius 3 is 2.28 bits per heavy atom. The van der Waals surface area contributed by atoms with Gasteiger partial charge in [-0.15, -0.1) is 0 Å². The molecule has 2 aromatic carbocycles. The Kier molecular flexibility index (Phi) is 4.69. The number of urea groups is 1. The molecule has 0 saturated heterocycles. The Labute approximate surface area is 172 Å². The van der Waals surface area contributed by atoms with Gasteiger partial charge in [-0.3, -0.25) is 9.69 Å². The Balaban J connectivity index is 1.65. The van der Waals surface area contributed by atoms with E-state index in [0.29, 0.717) is 18.7 Å². The van der Waals surface area contributed by atoms with Crippen LogP contribution in [0.25, 0.3) is 0 Å². The number of hydrogen-bond donors (Lipinski definition) is 1. The number of benzene rings is 2. The fourth-order valence-electron chi connectivity index (χ4n) is 3.98. The Morgan fingerprint density at radius 2 is 1.66 bits per heavy atom. The molecular weight excluding hydrogens is 362 g/mol. The molecule has 0 unspecified atom stereocenters. The number of rotatable bonds is 3. The van der Waals surface area contributed by atoms with Crippen LogP contribution in [-0.2, 0) is 16.8 Å². The van der Waals surface area contributed by atoms with Gasteiger partial charge in [-0.2, -0.15) is 0 Å². The van der Waals surface area contributed by atoms with Gasteiger partial charge in [0.2, 0.25) is 0 Å². The number of carbonyl (C=O) groups excluding carboxylic acids is 2. The maximum atomic E-state index is 13.3. The summed E-state index contributed by atoms with van der Waals surface area (Å²) in [5.41, 5.74) is 4.74. The molecule has 0 fully saturated rings. The van der Waals surface area contributed by atoms with Crippen molar-refractivity contribution in [2.45, 2.75) is 38.8 Å². The largest absolute Gasteiger partial charge is 0.329 e. The van der Waals surface area contributed by atoms with Crippen molar-refractivity contribution >= 4 is 11.9 Å². The average Bonchev–Trinajstić information content (AvgIpc) is 3.02. The van der Waals surface area contributed by atoms with Crippen molar-refractivity contribution in [2.75, 3.05) is 13.6 Å². The van der Waals surface area contributed by atoms with Crippen LogP contribution in [0.4, 0.5) is 4.79 Å². The van der Waals surface area contributed by atoms with Gasteiger partial charge in [0.15, 0.2) is 0 Å². The summed E-state index contributed by atoms with van der Waals surface area (Å²) in [5, 5.41) is 3.01. The second kappa shape index (κ2) is 7.07. The molecule has 0 aliphatic carbocycles. The van der Waals surface area contributed by atoms with Crippen LogP contribution >= 0.6 is 0 Å². The van der Waals surface area contributed by atoms with E-state index in [1.54, 1.807) is 11.9 Å². The predicted octanol–water partition coefficient (Wildman–Crippen LogP) is 3.98. The molecule has 150 valence electrons. The minimum Gasteiger partial charge on any atom is -0.329 e. The van der Waals surface area contributed by atoms with Gasteiger partial charge < -0.3 is 10.2 Å². The van der Waals surface area contributed by atoms with Crippen molar-refractivity contribution in [3.05, 3.63) is 82.6 Å². The summed E-state index contributed by atoms with van der Waals surface area (Å²) in [6.07, 6.45) is 0. The molecule has 2 aliphatic rings. The first-order chi connectivity index (χ1) is 13.8. The van der Waals surface area contributed by atoms with E-state index in [-0.39, 0.29) is 17.4 Å². The molecule has 0 spiro atoms. The van der Waals surface area contributed by atoms with Crippen LogP contribution in [0.2, 0.25) is 0 Å². The van der Waals surface area contributed by atoms with Gasteiger partial charge in [-0.25, -0.2) is 4.79 Å². The van der Waals surface area contributed by atoms with Crippen LogP contribution < -0.4 is 5.32 Å². The molecule has 2 heterocycles. The van der Waals surface area contributed by atoms with Crippen LogP contribution in [-0.4, -0.2) is 35.3 Å². The maximum absolute atomic E-state index is 13.3. The maximum Gasteiger partial charge on any atom is 0.322 e. The van der Waals surface area contributed by atoms with Crippen LogP contribution in [0.1, 0.15) is 43.5 Å². The van der Waals surface area contributed by atoms with Gasteiger partial charge in [0.05, 0.1) is 23.9 Å². The number of hydrogen-bond acceptors (Lipinski definition) is 2. The SMILES string of the molecule is CN1C(=O)N[C@@H](c2ccc(C(C)(C)C)cc2)C2=C1CN(Cc1ccccc1)C2=O. The topological polar surface area (TPSA) is 52.7 Å². The summed E-state index contributed by atoms with van der Waals surface area (Å²) in [7, 11) is 1.73. The first-order valence-electron chi connectivity index (χ1n) is 9.96. The number of amides is 3. The lowest BCUT2D eigenvalue weighted by molar-refractivity contribution is -0.126. The first-order valence-corrected chi connectivity index (χ1v) is 9.96. The average molecular weight is 389 g/mol. The van der Waals surface area contributed by atoms with E-state index >= 15 is 0 Å². The highest BCUT2D eigenvalue weighted by atomic mass is 16.2. The van der Waals surface area contributed by atoms with Gasteiger partial charge >= 0.3 is 6.03 Å². The van der Waals surface area contributed by atoms with Crippen LogP contribution in [0.15, 0.2) is 65.9 Å². The van der Waals surface area contributed by atoms with Gasteiger partial charge in [0.25, 0.3) is 5.91 Å². The minimum atomic E-state index is -0.420. The Bertz CT molecular complexity index is 971. The molecule has 0 bridgehead atoms. The van der Waals surface area contributed by atoms with Crippen molar-refractivity contribution in [1.82, 2.24) is 15.1 Å². The Hall–Kier alpha value is -3.08. The summed E-state index contributed by atoms with van der Waals surface area (Å²) in [6.45, 7) is 7.49. The van der Waals surface area contributed by atoms with Crippen molar-refractivity contribution < 1.29 is 9.59 Å². The lowest BCUT2D eigenvalue weighted by Crippen LogP contribution is -2.45. The molecule has 5 heteroatoms. The lowest BCUT2D eigenvalue weighted by Gasteiger charge is -2.31. The summed E-state index contributed by atoms with van der Waals surface area (Å²) in [6, 6.07) is 17.6. The monoisotopic (exact) mass is 389 g/mol.